The van der Waals surface area contributed by atoms with Crippen molar-refractivity contribution in [2.24, 2.45) is 5.92 Å². The highest BCUT2D eigenvalue weighted by Gasteiger charge is 2.25. The normalized spacial score (nSPS) is 19.3. The number of aromatic nitrogens is 3. The molecule has 0 radical (unpaired) electrons. The molecule has 2 saturated heterocycles. The van der Waals surface area contributed by atoms with Crippen molar-refractivity contribution < 1.29 is 9.59 Å². The first kappa shape index (κ1) is 24.0. The molecule has 0 aromatic carbocycles. The number of aryl methyl sites for hydroxylation is 1. The van der Waals surface area contributed by atoms with Gasteiger partial charge in [-0.2, -0.15) is 0 Å². The van der Waals surface area contributed by atoms with Gasteiger partial charge in [-0.3, -0.25) is 15.0 Å². The van der Waals surface area contributed by atoms with Crippen molar-refractivity contribution in [1.29, 1.82) is 0 Å². The highest BCUT2D eigenvalue weighted by atomic mass is 32.1. The lowest BCUT2D eigenvalue weighted by Crippen LogP contribution is -2.34. The summed E-state index contributed by atoms with van der Waals surface area (Å²) >= 11 is 3.23. The first-order chi connectivity index (χ1) is 17.0. The zero-order valence-electron chi connectivity index (χ0n) is 20.1. The molecule has 8 nitrogen and oxygen atoms in total. The molecule has 1 unspecified atom stereocenters. The van der Waals surface area contributed by atoms with Crippen LogP contribution in [0.15, 0.2) is 23.8 Å². The van der Waals surface area contributed by atoms with Gasteiger partial charge in [0.1, 0.15) is 17.8 Å². The number of hydrogen-bond acceptors (Lipinski definition) is 9. The van der Waals surface area contributed by atoms with Crippen molar-refractivity contribution >= 4 is 45.8 Å². The zero-order valence-corrected chi connectivity index (χ0v) is 21.7. The molecule has 0 saturated carbocycles. The first-order valence-corrected chi connectivity index (χ1v) is 13.8. The number of nitrogens with zero attached hydrogens (tertiary/aromatic N) is 5. The lowest BCUT2D eigenvalue weighted by atomic mass is 9.99. The van der Waals surface area contributed by atoms with E-state index in [-0.39, 0.29) is 17.5 Å². The van der Waals surface area contributed by atoms with Crippen LogP contribution in [-0.2, 0) is 11.3 Å². The van der Waals surface area contributed by atoms with E-state index in [4.69, 9.17) is 4.98 Å². The standard InChI is InChI=1S/C25H30N6O2S2/c1-16-10-20(34-15-16)23-21(13-31-7-3-4-17(31)2)35-25(28-23)29-24(33)19-11-27-22(12-26-19)30-8-5-18(14-32)6-9-30/h10-12,14-15,17-18H,3-9,13H2,1-2H3,(H,28,29,33). The van der Waals surface area contributed by atoms with E-state index in [1.54, 1.807) is 28.9 Å². The minimum Gasteiger partial charge on any atom is -0.355 e. The van der Waals surface area contributed by atoms with Gasteiger partial charge in [0.15, 0.2) is 5.13 Å². The van der Waals surface area contributed by atoms with Gasteiger partial charge in [-0.1, -0.05) is 11.3 Å². The van der Waals surface area contributed by atoms with Crippen LogP contribution in [0.4, 0.5) is 10.9 Å². The predicted octanol–water partition coefficient (Wildman–Crippen LogP) is 4.62. The van der Waals surface area contributed by atoms with Crippen molar-refractivity contribution in [2.75, 3.05) is 29.9 Å². The summed E-state index contributed by atoms with van der Waals surface area (Å²) < 4.78 is 0. The fourth-order valence-corrected chi connectivity index (χ4v) is 6.68. The number of piperidine rings is 1. The lowest BCUT2D eigenvalue weighted by molar-refractivity contribution is -0.111. The SMILES string of the molecule is Cc1csc(-c2nc(NC(=O)c3cnc(N4CCC(C=O)CC4)cn3)sc2CN2CCCC2C)c1. The van der Waals surface area contributed by atoms with Crippen LogP contribution in [0.5, 0.6) is 0 Å². The molecule has 1 amide bonds. The number of likely N-dealkylation sites (tertiary alicyclic amines) is 1. The Morgan fingerprint density at radius 1 is 1.20 bits per heavy atom. The molecule has 0 spiro atoms. The summed E-state index contributed by atoms with van der Waals surface area (Å²) in [5, 5.41) is 5.66. The number of nitrogens with one attached hydrogen (secondary N) is 1. The van der Waals surface area contributed by atoms with Gasteiger partial charge in [-0.25, -0.2) is 15.0 Å². The Balaban J connectivity index is 1.30. The molecule has 1 N–H and O–H groups in total. The van der Waals surface area contributed by atoms with E-state index in [1.165, 1.54) is 29.5 Å². The minimum atomic E-state index is -0.313. The summed E-state index contributed by atoms with van der Waals surface area (Å²) in [6.45, 7) is 7.84. The van der Waals surface area contributed by atoms with Crippen molar-refractivity contribution in [3.63, 3.8) is 0 Å². The maximum absolute atomic E-state index is 12.9. The number of thiophene rings is 1. The van der Waals surface area contributed by atoms with Crippen LogP contribution in [0.2, 0.25) is 0 Å². The van der Waals surface area contributed by atoms with Crippen molar-refractivity contribution in [3.8, 4) is 10.6 Å². The number of carbonyl (C=O) groups is 2. The average Bonchev–Trinajstić information content (AvgIpc) is 3.60. The predicted molar refractivity (Wildman–Crippen MR) is 140 cm³/mol. The van der Waals surface area contributed by atoms with Crippen molar-refractivity contribution in [3.05, 3.63) is 40.0 Å². The third kappa shape index (κ3) is 5.44. The summed E-state index contributed by atoms with van der Waals surface area (Å²) in [7, 11) is 0. The molecule has 0 bridgehead atoms. The summed E-state index contributed by atoms with van der Waals surface area (Å²) in [5.74, 6) is 0.550. The Labute approximate surface area is 213 Å². The molecule has 2 aliphatic rings. The Morgan fingerprint density at radius 2 is 2.03 bits per heavy atom. The van der Waals surface area contributed by atoms with Crippen molar-refractivity contribution in [2.45, 2.75) is 52.1 Å². The summed E-state index contributed by atoms with van der Waals surface area (Å²) in [6.07, 6.45) is 8.28. The lowest BCUT2D eigenvalue weighted by Gasteiger charge is -2.30. The van der Waals surface area contributed by atoms with Crippen LogP contribution in [0.1, 0.15) is 53.5 Å². The summed E-state index contributed by atoms with van der Waals surface area (Å²) in [6, 6.07) is 2.72. The van der Waals surface area contributed by atoms with Crippen LogP contribution in [0, 0.1) is 12.8 Å². The second-order valence-corrected chi connectivity index (χ2v) is 11.4. The third-order valence-corrected chi connectivity index (χ3v) is 8.86. The fraction of sp³-hybridized carbons (Fsp3) is 0.480. The topological polar surface area (TPSA) is 91.3 Å². The fourth-order valence-electron chi connectivity index (χ4n) is 4.70. The molecule has 5 rings (SSSR count). The number of thiazole rings is 1. The second kappa shape index (κ2) is 10.5. The Bertz CT molecular complexity index is 1180. The molecule has 1 atom stereocenters. The molecule has 10 heteroatoms. The van der Waals surface area contributed by atoms with Crippen LogP contribution in [-0.4, -0.2) is 57.7 Å². The number of rotatable bonds is 7. The van der Waals surface area contributed by atoms with Gasteiger partial charge in [0.2, 0.25) is 0 Å². The van der Waals surface area contributed by atoms with E-state index in [1.807, 2.05) is 0 Å². The highest BCUT2D eigenvalue weighted by molar-refractivity contribution is 7.17. The van der Waals surface area contributed by atoms with E-state index < -0.39 is 0 Å². The number of hydrogen-bond donors (Lipinski definition) is 1. The van der Waals surface area contributed by atoms with Gasteiger partial charge in [0, 0.05) is 36.5 Å². The molecular formula is C25H30N6O2S2. The van der Waals surface area contributed by atoms with Crippen LogP contribution in [0.25, 0.3) is 10.6 Å². The minimum absolute atomic E-state index is 0.129. The molecule has 3 aromatic heterocycles. The van der Waals surface area contributed by atoms with Gasteiger partial charge in [-0.15, -0.1) is 11.3 Å². The van der Waals surface area contributed by atoms with Gasteiger partial charge < -0.3 is 9.69 Å². The van der Waals surface area contributed by atoms with Gasteiger partial charge >= 0.3 is 0 Å². The van der Waals surface area contributed by atoms with E-state index in [0.29, 0.717) is 11.2 Å². The maximum atomic E-state index is 12.9. The molecule has 3 aromatic rings. The second-order valence-electron chi connectivity index (χ2n) is 9.42. The molecular weight excluding hydrogens is 480 g/mol. The zero-order chi connectivity index (χ0) is 24.4. The van der Waals surface area contributed by atoms with Gasteiger partial charge in [0.25, 0.3) is 5.91 Å². The molecule has 0 aliphatic carbocycles. The molecule has 5 heterocycles. The van der Waals surface area contributed by atoms with Crippen LogP contribution in [0.3, 0.4) is 0 Å². The van der Waals surface area contributed by atoms with E-state index in [0.717, 1.165) is 61.7 Å². The van der Waals surface area contributed by atoms with E-state index >= 15 is 0 Å². The van der Waals surface area contributed by atoms with E-state index in [2.05, 4.69) is 50.4 Å². The van der Waals surface area contributed by atoms with Gasteiger partial charge in [-0.05, 0) is 63.1 Å². The van der Waals surface area contributed by atoms with Crippen LogP contribution >= 0.6 is 22.7 Å². The summed E-state index contributed by atoms with van der Waals surface area (Å²) in [5.41, 5.74) is 2.44. The Kier molecular flexibility index (Phi) is 7.22. The van der Waals surface area contributed by atoms with Gasteiger partial charge in [0.05, 0.1) is 23.0 Å². The Morgan fingerprint density at radius 3 is 2.66 bits per heavy atom. The van der Waals surface area contributed by atoms with Crippen molar-refractivity contribution in [1.82, 2.24) is 19.9 Å². The Hall–Kier alpha value is -2.69. The third-order valence-electron chi connectivity index (χ3n) is 6.85. The molecule has 2 fully saturated rings. The number of carbonyl (C=O) groups excluding carboxylic acids is 2. The molecule has 2 aliphatic heterocycles. The van der Waals surface area contributed by atoms with Crippen LogP contribution < -0.4 is 10.2 Å². The largest absolute Gasteiger partial charge is 0.355 e. The van der Waals surface area contributed by atoms with E-state index in [9.17, 15) is 9.59 Å². The molecule has 184 valence electrons. The maximum Gasteiger partial charge on any atom is 0.277 e. The number of anilines is 2. The summed E-state index contributed by atoms with van der Waals surface area (Å²) in [4.78, 5) is 44.5. The smallest absolute Gasteiger partial charge is 0.277 e. The average molecular weight is 511 g/mol. The first-order valence-electron chi connectivity index (χ1n) is 12.1. The number of amides is 1. The number of aldehydes is 1. The quantitative estimate of drug-likeness (QED) is 0.464. The molecule has 35 heavy (non-hydrogen) atoms. The highest BCUT2D eigenvalue weighted by Crippen LogP contribution is 2.37. The monoisotopic (exact) mass is 510 g/mol.